The highest BCUT2D eigenvalue weighted by Gasteiger charge is 2.28. The predicted molar refractivity (Wildman–Crippen MR) is 114 cm³/mol. The first-order valence-corrected chi connectivity index (χ1v) is 9.79. The Bertz CT molecular complexity index is 1040. The summed E-state index contributed by atoms with van der Waals surface area (Å²) in [6.07, 6.45) is 1.63. The van der Waals surface area contributed by atoms with Crippen molar-refractivity contribution in [2.45, 2.75) is 12.3 Å². The van der Waals surface area contributed by atoms with Crippen LogP contribution in [0.4, 0.5) is 4.79 Å². The topological polar surface area (TPSA) is 51.2 Å². The van der Waals surface area contributed by atoms with Gasteiger partial charge in [0.05, 0.1) is 5.02 Å². The van der Waals surface area contributed by atoms with Crippen LogP contribution in [0.25, 0.3) is 11.1 Å². The Hall–Kier alpha value is -3.29. The van der Waals surface area contributed by atoms with Crippen molar-refractivity contribution >= 4 is 17.7 Å². The minimum Gasteiger partial charge on any atom is -0.449 e. The molecule has 2 aromatic carbocycles. The highest BCUT2D eigenvalue weighted by molar-refractivity contribution is 6.30. The number of carbonyl (C=O) groups excluding carboxylic acids is 1. The molecule has 0 bridgehead atoms. The summed E-state index contributed by atoms with van der Waals surface area (Å²) in [6, 6.07) is 20.0. The lowest BCUT2D eigenvalue weighted by molar-refractivity contribution is 0.143. The monoisotopic (exact) mass is 402 g/mol. The van der Waals surface area contributed by atoms with Crippen LogP contribution in [0.2, 0.25) is 5.02 Å². The van der Waals surface area contributed by atoms with Gasteiger partial charge in [-0.3, -0.25) is 0 Å². The second-order valence-corrected chi connectivity index (χ2v) is 7.10. The third-order valence-corrected chi connectivity index (χ3v) is 5.03. The molecule has 0 unspecified atom stereocenters. The second kappa shape index (κ2) is 8.81. The number of halogens is 1. The third-order valence-electron chi connectivity index (χ3n) is 4.81. The summed E-state index contributed by atoms with van der Waals surface area (Å²) in [5.74, 6) is 5.97. The van der Waals surface area contributed by atoms with E-state index in [-0.39, 0.29) is 5.92 Å². The van der Waals surface area contributed by atoms with Crippen LogP contribution in [0, 0.1) is 11.8 Å². The Morgan fingerprint density at radius 3 is 2.38 bits per heavy atom. The number of carbonyl (C=O) groups is 1. The van der Waals surface area contributed by atoms with Gasteiger partial charge in [-0.15, -0.1) is 0 Å². The van der Waals surface area contributed by atoms with Gasteiger partial charge in [0.1, 0.15) is 12.3 Å². The van der Waals surface area contributed by atoms with Crippen molar-refractivity contribution in [3.05, 3.63) is 88.7 Å². The van der Waals surface area contributed by atoms with E-state index < -0.39 is 6.09 Å². The molecule has 1 aliphatic carbocycles. The molecule has 4 nitrogen and oxygen atoms in total. The Balaban J connectivity index is 1.29. The van der Waals surface area contributed by atoms with Gasteiger partial charge < -0.3 is 10.1 Å². The standard InChI is InChI=1S/C24H19ClN2O2/c25-17-12-13-18(27-15-17)7-5-6-14-26-24(28)29-16-23-21-10-3-1-8-19(21)20-9-2-4-11-22(20)23/h1-4,8-13,15,23H,6,14,16H2,(H,26,28). The zero-order chi connectivity index (χ0) is 20.1. The van der Waals surface area contributed by atoms with Crippen molar-refractivity contribution < 1.29 is 9.53 Å². The molecule has 29 heavy (non-hydrogen) atoms. The van der Waals surface area contributed by atoms with Crippen LogP contribution in [0.5, 0.6) is 0 Å². The van der Waals surface area contributed by atoms with Gasteiger partial charge in [-0.1, -0.05) is 66.1 Å². The lowest BCUT2D eigenvalue weighted by Crippen LogP contribution is -2.26. The third kappa shape index (κ3) is 4.42. The number of hydrogen-bond donors (Lipinski definition) is 1. The van der Waals surface area contributed by atoms with Gasteiger partial charge in [0.25, 0.3) is 0 Å². The molecule has 0 aliphatic heterocycles. The minimum atomic E-state index is -0.432. The number of ether oxygens (including phenoxy) is 1. The summed E-state index contributed by atoms with van der Waals surface area (Å²) in [5, 5.41) is 3.32. The Labute approximate surface area is 174 Å². The molecule has 1 heterocycles. The number of nitrogens with zero attached hydrogens (tertiary/aromatic N) is 1. The van der Waals surface area contributed by atoms with E-state index >= 15 is 0 Å². The van der Waals surface area contributed by atoms with E-state index in [1.165, 1.54) is 22.3 Å². The average Bonchev–Trinajstić information content (AvgIpc) is 3.07. The predicted octanol–water partition coefficient (Wildman–Crippen LogP) is 5.02. The van der Waals surface area contributed by atoms with Crippen molar-refractivity contribution in [2.24, 2.45) is 0 Å². The smallest absolute Gasteiger partial charge is 0.407 e. The molecule has 0 fully saturated rings. The van der Waals surface area contributed by atoms with E-state index in [2.05, 4.69) is 46.4 Å². The Morgan fingerprint density at radius 2 is 1.72 bits per heavy atom. The summed E-state index contributed by atoms with van der Waals surface area (Å²) in [6.45, 7) is 0.720. The normalized spacial score (nSPS) is 11.8. The number of aromatic nitrogens is 1. The Morgan fingerprint density at radius 1 is 1.03 bits per heavy atom. The van der Waals surface area contributed by atoms with Crippen LogP contribution in [-0.2, 0) is 4.74 Å². The fourth-order valence-electron chi connectivity index (χ4n) is 3.48. The van der Waals surface area contributed by atoms with Crippen molar-refractivity contribution in [3.8, 4) is 23.0 Å². The molecule has 4 rings (SSSR count). The summed E-state index contributed by atoms with van der Waals surface area (Å²) in [7, 11) is 0. The van der Waals surface area contributed by atoms with Crippen LogP contribution in [0.3, 0.4) is 0 Å². The number of amides is 1. The molecule has 0 spiro atoms. The SMILES string of the molecule is O=C(NCCC#Cc1ccc(Cl)cn1)OCC1c2ccccc2-c2ccccc21. The molecule has 1 N–H and O–H groups in total. The van der Waals surface area contributed by atoms with E-state index in [1.54, 1.807) is 18.3 Å². The molecular formula is C24H19ClN2O2. The highest BCUT2D eigenvalue weighted by Crippen LogP contribution is 2.44. The van der Waals surface area contributed by atoms with E-state index in [9.17, 15) is 4.79 Å². The zero-order valence-electron chi connectivity index (χ0n) is 15.7. The van der Waals surface area contributed by atoms with Gasteiger partial charge >= 0.3 is 6.09 Å². The average molecular weight is 403 g/mol. The molecule has 3 aromatic rings. The molecule has 144 valence electrons. The number of fused-ring (bicyclic) bond motifs is 3. The largest absolute Gasteiger partial charge is 0.449 e. The Kier molecular flexibility index (Phi) is 5.79. The minimum absolute atomic E-state index is 0.0592. The van der Waals surface area contributed by atoms with E-state index in [0.29, 0.717) is 30.3 Å². The first-order valence-electron chi connectivity index (χ1n) is 9.41. The number of alkyl carbamates (subject to hydrolysis) is 1. The zero-order valence-corrected chi connectivity index (χ0v) is 16.4. The lowest BCUT2D eigenvalue weighted by Gasteiger charge is -2.14. The first-order chi connectivity index (χ1) is 14.2. The number of rotatable bonds is 4. The van der Waals surface area contributed by atoms with Crippen LogP contribution in [0.1, 0.15) is 29.2 Å². The number of nitrogens with one attached hydrogen (secondary N) is 1. The van der Waals surface area contributed by atoms with Gasteiger partial charge in [-0.2, -0.15) is 0 Å². The lowest BCUT2D eigenvalue weighted by atomic mass is 9.98. The van der Waals surface area contributed by atoms with Gasteiger partial charge in [0, 0.05) is 25.1 Å². The maximum atomic E-state index is 12.1. The molecule has 0 saturated heterocycles. The molecule has 1 aromatic heterocycles. The van der Waals surface area contributed by atoms with Crippen molar-refractivity contribution in [1.29, 1.82) is 0 Å². The van der Waals surface area contributed by atoms with Crippen LogP contribution >= 0.6 is 11.6 Å². The van der Waals surface area contributed by atoms with Crippen molar-refractivity contribution in [2.75, 3.05) is 13.2 Å². The summed E-state index contributed by atoms with van der Waals surface area (Å²) in [5.41, 5.74) is 5.47. The number of hydrogen-bond acceptors (Lipinski definition) is 3. The summed E-state index contributed by atoms with van der Waals surface area (Å²) >= 11 is 5.79. The molecule has 1 amide bonds. The maximum Gasteiger partial charge on any atom is 0.407 e. The maximum absolute atomic E-state index is 12.1. The number of pyridine rings is 1. The van der Waals surface area contributed by atoms with Crippen LogP contribution in [0.15, 0.2) is 66.9 Å². The molecular weight excluding hydrogens is 384 g/mol. The fourth-order valence-corrected chi connectivity index (χ4v) is 3.59. The quantitative estimate of drug-likeness (QED) is 0.492. The number of benzene rings is 2. The fraction of sp³-hybridized carbons (Fsp3) is 0.167. The molecule has 0 radical (unpaired) electrons. The van der Waals surface area contributed by atoms with E-state index in [1.807, 2.05) is 24.3 Å². The van der Waals surface area contributed by atoms with Crippen molar-refractivity contribution in [3.63, 3.8) is 0 Å². The second-order valence-electron chi connectivity index (χ2n) is 6.67. The molecule has 0 saturated carbocycles. The summed E-state index contributed by atoms with van der Waals surface area (Å²) < 4.78 is 5.49. The first kappa shape index (κ1) is 19.0. The van der Waals surface area contributed by atoms with Gasteiger partial charge in [-0.05, 0) is 40.3 Å². The molecule has 1 aliphatic rings. The van der Waals surface area contributed by atoms with Gasteiger partial charge in [0.2, 0.25) is 0 Å². The van der Waals surface area contributed by atoms with Gasteiger partial charge in [0.15, 0.2) is 0 Å². The summed E-state index contributed by atoms with van der Waals surface area (Å²) in [4.78, 5) is 16.2. The molecule has 0 atom stereocenters. The van der Waals surface area contributed by atoms with E-state index in [0.717, 1.165) is 0 Å². The van der Waals surface area contributed by atoms with Crippen LogP contribution in [-0.4, -0.2) is 24.2 Å². The van der Waals surface area contributed by atoms with Crippen molar-refractivity contribution in [1.82, 2.24) is 10.3 Å². The van der Waals surface area contributed by atoms with Crippen LogP contribution < -0.4 is 5.32 Å². The van der Waals surface area contributed by atoms with E-state index in [4.69, 9.17) is 16.3 Å². The molecule has 5 heteroatoms. The van der Waals surface area contributed by atoms with Gasteiger partial charge in [-0.25, -0.2) is 9.78 Å². The highest BCUT2D eigenvalue weighted by atomic mass is 35.5.